The van der Waals surface area contributed by atoms with Crippen molar-refractivity contribution in [2.45, 2.75) is 77.3 Å². The van der Waals surface area contributed by atoms with Crippen molar-refractivity contribution in [3.05, 3.63) is 49.1 Å². The average molecular weight is 387 g/mol. The Hall–Kier alpha value is -1.27. The van der Waals surface area contributed by atoms with Crippen LogP contribution in [0.5, 0.6) is 0 Å². The molecule has 0 aliphatic heterocycles. The molecule has 2 aromatic rings. The molecular formula is C22H38N2Si2+2. The summed E-state index contributed by atoms with van der Waals surface area (Å²) in [6.07, 6.45) is 11.5. The first-order valence-corrected chi connectivity index (χ1v) is 17.5. The van der Waals surface area contributed by atoms with Crippen LogP contribution in [0.15, 0.2) is 49.1 Å². The van der Waals surface area contributed by atoms with Crippen molar-refractivity contribution in [1.82, 2.24) is 0 Å². The molecule has 2 heterocycles. The zero-order valence-corrected chi connectivity index (χ0v) is 19.8. The SMILES string of the molecule is C[Si](C)(C)CCC[n+]1ccc(-c2cc[n+](CCC[Si](C)(C)C)cc2)cc1. The second-order valence-electron chi connectivity index (χ2n) is 9.98. The summed E-state index contributed by atoms with van der Waals surface area (Å²) < 4.78 is 4.65. The molecule has 142 valence electrons. The first kappa shape index (κ1) is 21.0. The minimum atomic E-state index is -0.914. The van der Waals surface area contributed by atoms with Crippen molar-refractivity contribution >= 4 is 16.1 Å². The molecule has 0 bridgehead atoms. The van der Waals surface area contributed by atoms with Crippen LogP contribution in [0.4, 0.5) is 0 Å². The number of aromatic nitrogens is 2. The van der Waals surface area contributed by atoms with Crippen LogP contribution in [0.25, 0.3) is 11.1 Å². The van der Waals surface area contributed by atoms with E-state index in [0.29, 0.717) is 0 Å². The molecule has 0 fully saturated rings. The Morgan fingerprint density at radius 1 is 0.577 bits per heavy atom. The number of aryl methyl sites for hydroxylation is 2. The van der Waals surface area contributed by atoms with Gasteiger partial charge in [-0.05, 0) is 11.1 Å². The van der Waals surface area contributed by atoms with Gasteiger partial charge in [0.15, 0.2) is 24.8 Å². The predicted octanol–water partition coefficient (Wildman–Crippen LogP) is 5.39. The van der Waals surface area contributed by atoms with E-state index < -0.39 is 16.1 Å². The highest BCUT2D eigenvalue weighted by Gasteiger charge is 2.14. The van der Waals surface area contributed by atoms with Crippen LogP contribution in [-0.2, 0) is 13.1 Å². The normalized spacial score (nSPS) is 12.4. The smallest absolute Gasteiger partial charge is 0.169 e. The maximum Gasteiger partial charge on any atom is 0.169 e. The van der Waals surface area contributed by atoms with Gasteiger partial charge in [0, 0.05) is 53.3 Å². The standard InChI is InChI=1S/C22H38N2Si2/c1-25(2,3)19-7-13-23-15-9-21(10-16-23)22-11-17-24(18-12-22)14-8-20-26(4,5)6/h9-12,15-18H,7-8,13-14,19-20H2,1-6H3/q+2. The topological polar surface area (TPSA) is 7.76 Å². The molecule has 0 saturated heterocycles. The van der Waals surface area contributed by atoms with Gasteiger partial charge in [-0.1, -0.05) is 51.4 Å². The van der Waals surface area contributed by atoms with Crippen molar-refractivity contribution in [2.24, 2.45) is 0 Å². The summed E-state index contributed by atoms with van der Waals surface area (Å²) in [5.74, 6) is 0. The highest BCUT2D eigenvalue weighted by molar-refractivity contribution is 6.76. The van der Waals surface area contributed by atoms with Crippen LogP contribution in [0.1, 0.15) is 12.8 Å². The lowest BCUT2D eigenvalue weighted by atomic mass is 10.1. The highest BCUT2D eigenvalue weighted by Crippen LogP contribution is 2.16. The lowest BCUT2D eigenvalue weighted by Crippen LogP contribution is -2.34. The van der Waals surface area contributed by atoms with Crippen molar-refractivity contribution < 1.29 is 9.13 Å². The van der Waals surface area contributed by atoms with Gasteiger partial charge in [-0.2, -0.15) is 0 Å². The van der Waals surface area contributed by atoms with E-state index in [0.717, 1.165) is 13.1 Å². The van der Waals surface area contributed by atoms with Gasteiger partial charge >= 0.3 is 0 Å². The monoisotopic (exact) mass is 386 g/mol. The largest absolute Gasteiger partial charge is 0.205 e. The van der Waals surface area contributed by atoms with Gasteiger partial charge in [0.2, 0.25) is 0 Å². The third kappa shape index (κ3) is 7.96. The average Bonchev–Trinajstić information content (AvgIpc) is 2.54. The minimum Gasteiger partial charge on any atom is -0.205 e. The van der Waals surface area contributed by atoms with Crippen LogP contribution in [0.2, 0.25) is 51.4 Å². The van der Waals surface area contributed by atoms with E-state index in [9.17, 15) is 0 Å². The predicted molar refractivity (Wildman–Crippen MR) is 118 cm³/mol. The minimum absolute atomic E-state index is 0.914. The van der Waals surface area contributed by atoms with Crippen LogP contribution >= 0.6 is 0 Å². The van der Waals surface area contributed by atoms with E-state index in [-0.39, 0.29) is 0 Å². The van der Waals surface area contributed by atoms with E-state index >= 15 is 0 Å². The fourth-order valence-corrected chi connectivity index (χ4v) is 5.62. The van der Waals surface area contributed by atoms with E-state index in [1.165, 1.54) is 36.1 Å². The molecule has 0 aromatic carbocycles. The number of hydrogen-bond acceptors (Lipinski definition) is 0. The fourth-order valence-electron chi connectivity index (χ4n) is 3.18. The maximum absolute atomic E-state index is 2.45. The molecular weight excluding hydrogens is 348 g/mol. The van der Waals surface area contributed by atoms with Gasteiger partial charge in [-0.15, -0.1) is 0 Å². The first-order valence-electron chi connectivity index (χ1n) is 10.1. The van der Waals surface area contributed by atoms with Crippen LogP contribution in [0, 0.1) is 0 Å². The summed E-state index contributed by atoms with van der Waals surface area (Å²) in [5.41, 5.74) is 2.61. The molecule has 0 spiro atoms. The van der Waals surface area contributed by atoms with Crippen LogP contribution in [-0.4, -0.2) is 16.1 Å². The molecule has 0 radical (unpaired) electrons. The summed E-state index contributed by atoms with van der Waals surface area (Å²) >= 11 is 0. The van der Waals surface area contributed by atoms with Crippen LogP contribution in [0.3, 0.4) is 0 Å². The number of nitrogens with zero attached hydrogens (tertiary/aromatic N) is 2. The van der Waals surface area contributed by atoms with E-state index in [2.05, 4.69) is 97.5 Å². The molecule has 4 heteroatoms. The summed E-state index contributed by atoms with van der Waals surface area (Å²) in [7, 11) is -1.83. The maximum atomic E-state index is 2.45. The molecule has 26 heavy (non-hydrogen) atoms. The highest BCUT2D eigenvalue weighted by atomic mass is 28.3. The number of rotatable bonds is 9. The molecule has 0 unspecified atom stereocenters. The lowest BCUT2D eigenvalue weighted by molar-refractivity contribution is -0.697. The molecule has 0 aliphatic carbocycles. The Labute approximate surface area is 162 Å². The third-order valence-electron chi connectivity index (χ3n) is 4.80. The van der Waals surface area contributed by atoms with E-state index in [1.54, 1.807) is 0 Å². The van der Waals surface area contributed by atoms with Gasteiger partial charge in [-0.25, -0.2) is 9.13 Å². The first-order chi connectivity index (χ1) is 12.1. The molecule has 0 saturated carbocycles. The van der Waals surface area contributed by atoms with Crippen molar-refractivity contribution in [1.29, 1.82) is 0 Å². The van der Waals surface area contributed by atoms with Gasteiger partial charge in [-0.3, -0.25) is 0 Å². The lowest BCUT2D eigenvalue weighted by Gasteiger charge is -2.13. The fraction of sp³-hybridized carbons (Fsp3) is 0.545. The van der Waals surface area contributed by atoms with Gasteiger partial charge in [0.25, 0.3) is 0 Å². The molecule has 2 nitrogen and oxygen atoms in total. The third-order valence-corrected chi connectivity index (χ3v) is 8.51. The molecule has 2 rings (SSSR count). The van der Waals surface area contributed by atoms with Gasteiger partial charge < -0.3 is 0 Å². The van der Waals surface area contributed by atoms with E-state index in [4.69, 9.17) is 0 Å². The molecule has 0 N–H and O–H groups in total. The van der Waals surface area contributed by atoms with Gasteiger partial charge in [0.05, 0.1) is 0 Å². The Bertz CT molecular complexity index is 604. The molecule has 0 aliphatic rings. The molecule has 0 amide bonds. The summed E-state index contributed by atoms with van der Waals surface area (Å²) in [5, 5.41) is 0. The summed E-state index contributed by atoms with van der Waals surface area (Å²) in [4.78, 5) is 0. The summed E-state index contributed by atoms with van der Waals surface area (Å²) in [6.45, 7) is 17.0. The van der Waals surface area contributed by atoms with Crippen molar-refractivity contribution in [2.75, 3.05) is 0 Å². The van der Waals surface area contributed by atoms with Crippen molar-refractivity contribution in [3.63, 3.8) is 0 Å². The summed E-state index contributed by atoms with van der Waals surface area (Å²) in [6, 6.07) is 11.8. The Morgan fingerprint density at radius 3 is 1.15 bits per heavy atom. The number of hydrogen-bond donors (Lipinski definition) is 0. The van der Waals surface area contributed by atoms with E-state index in [1.807, 2.05) is 0 Å². The Morgan fingerprint density at radius 2 is 0.885 bits per heavy atom. The quantitative estimate of drug-likeness (QED) is 0.403. The Kier molecular flexibility index (Phi) is 7.36. The molecule has 2 aromatic heterocycles. The second kappa shape index (κ2) is 9.09. The Balaban J connectivity index is 1.88. The van der Waals surface area contributed by atoms with Gasteiger partial charge in [0.1, 0.15) is 13.1 Å². The zero-order chi connectivity index (χ0) is 19.2. The van der Waals surface area contributed by atoms with Crippen molar-refractivity contribution in [3.8, 4) is 11.1 Å². The zero-order valence-electron chi connectivity index (χ0n) is 17.8. The second-order valence-corrected chi connectivity index (χ2v) is 21.2. The van der Waals surface area contributed by atoms with Crippen LogP contribution < -0.4 is 9.13 Å². The number of pyridine rings is 2. The molecule has 0 atom stereocenters.